The molecule has 0 aromatic rings. The van der Waals surface area contributed by atoms with Gasteiger partial charge in [-0.2, -0.15) is 0 Å². The van der Waals surface area contributed by atoms with Gasteiger partial charge < -0.3 is 33.4 Å². The molecule has 7 nitrogen and oxygen atoms in total. The number of rotatable bonds is 12. The van der Waals surface area contributed by atoms with Gasteiger partial charge in [0.25, 0.3) is 0 Å². The minimum absolute atomic E-state index is 0. The van der Waals surface area contributed by atoms with E-state index in [2.05, 4.69) is 20.8 Å². The second-order valence-electron chi connectivity index (χ2n) is 5.08. The summed E-state index contributed by atoms with van der Waals surface area (Å²) in [5, 5.41) is 22.7. The first-order valence-corrected chi connectivity index (χ1v) is 11.6. The van der Waals surface area contributed by atoms with Crippen LogP contribution in [0.25, 0.3) is 0 Å². The summed E-state index contributed by atoms with van der Waals surface area (Å²) in [5.41, 5.74) is 0. The maximum atomic E-state index is 10.2. The first-order valence-electron chi connectivity index (χ1n) is 9.89. The Balaban J connectivity index is -0.000000136. The van der Waals surface area contributed by atoms with E-state index >= 15 is 0 Å². The number of aliphatic hydroxyl groups is 3. The first kappa shape index (κ1) is 38.3. The van der Waals surface area contributed by atoms with Crippen LogP contribution in [-0.4, -0.2) is 68.8 Å². The van der Waals surface area contributed by atoms with E-state index in [0.29, 0.717) is 19.8 Å². The van der Waals surface area contributed by atoms with E-state index in [1.54, 1.807) is 20.8 Å². The van der Waals surface area contributed by atoms with Crippen molar-refractivity contribution in [2.24, 2.45) is 0 Å². The molecule has 9 heteroatoms. The molecule has 0 aliphatic carbocycles. The van der Waals surface area contributed by atoms with Crippen LogP contribution in [0.5, 0.6) is 0 Å². The molecular formula is C18H46O7SiTi. The Morgan fingerprint density at radius 1 is 0.556 bits per heavy atom. The molecule has 0 unspecified atom stereocenters. The van der Waals surface area contributed by atoms with Crippen molar-refractivity contribution in [2.75, 3.05) is 39.6 Å². The molecule has 27 heavy (non-hydrogen) atoms. The zero-order valence-electron chi connectivity index (χ0n) is 18.5. The van der Waals surface area contributed by atoms with Gasteiger partial charge in [0.1, 0.15) is 0 Å². The largest absolute Gasteiger partial charge is 0.676 e. The molecule has 0 saturated heterocycles. The average Bonchev–Trinajstić information content (AvgIpc) is 2.58. The van der Waals surface area contributed by atoms with Crippen LogP contribution in [0.4, 0.5) is 0 Å². The number of hydrogen-bond donors (Lipinski definition) is 4. The van der Waals surface area contributed by atoms with Crippen molar-refractivity contribution < 1.29 is 55.1 Å². The van der Waals surface area contributed by atoms with Gasteiger partial charge in [-0.3, -0.25) is 0 Å². The first-order chi connectivity index (χ1) is 12.4. The van der Waals surface area contributed by atoms with Gasteiger partial charge in [0.15, 0.2) is 0 Å². The van der Waals surface area contributed by atoms with Crippen molar-refractivity contribution in [1.82, 2.24) is 0 Å². The fourth-order valence-corrected chi connectivity index (χ4v) is 2.62. The standard InChI is InChI=1S/C12H28O4Si.3C2H6O.Ti/c1-4-7-10-14-17(13,15-11-8-5-2)16-12-9-6-3;3*1-2-3;/h13H,4-12H2,1-3H3;3*3H,2H2,1H3;. The summed E-state index contributed by atoms with van der Waals surface area (Å²) in [5.74, 6) is 0. The van der Waals surface area contributed by atoms with Gasteiger partial charge in [0, 0.05) is 61.4 Å². The minimum atomic E-state index is -3.36. The van der Waals surface area contributed by atoms with Crippen molar-refractivity contribution in [2.45, 2.75) is 80.1 Å². The van der Waals surface area contributed by atoms with Crippen LogP contribution >= 0.6 is 0 Å². The molecule has 0 aromatic carbocycles. The van der Waals surface area contributed by atoms with Crippen molar-refractivity contribution in [3.05, 3.63) is 0 Å². The molecule has 0 aliphatic heterocycles. The molecule has 0 aromatic heterocycles. The summed E-state index contributed by atoms with van der Waals surface area (Å²) in [4.78, 5) is 10.2. The molecular weight excluding hydrogens is 404 g/mol. The molecule has 4 N–H and O–H groups in total. The summed E-state index contributed by atoms with van der Waals surface area (Å²) >= 11 is 0. The Hall–Kier alpha value is 0.651. The monoisotopic (exact) mass is 450 g/mol. The topological polar surface area (TPSA) is 109 Å². The van der Waals surface area contributed by atoms with E-state index in [9.17, 15) is 4.80 Å². The van der Waals surface area contributed by atoms with E-state index < -0.39 is 9.05 Å². The summed E-state index contributed by atoms with van der Waals surface area (Å²) < 4.78 is 16.2. The van der Waals surface area contributed by atoms with E-state index in [1.807, 2.05) is 0 Å². The van der Waals surface area contributed by atoms with Gasteiger partial charge in [-0.15, -0.1) is 0 Å². The van der Waals surface area contributed by atoms with Gasteiger partial charge in [0.2, 0.25) is 0 Å². The molecule has 0 amide bonds. The van der Waals surface area contributed by atoms with Gasteiger partial charge in [-0.25, -0.2) is 0 Å². The molecule has 0 atom stereocenters. The normalized spacial score (nSPS) is 9.56. The second-order valence-corrected chi connectivity index (χ2v) is 6.99. The van der Waals surface area contributed by atoms with Gasteiger partial charge >= 0.3 is 9.05 Å². The van der Waals surface area contributed by atoms with Crippen molar-refractivity contribution in [3.8, 4) is 0 Å². The third-order valence-electron chi connectivity index (χ3n) is 2.35. The molecule has 168 valence electrons. The van der Waals surface area contributed by atoms with Crippen LogP contribution in [0, 0.1) is 0 Å². The summed E-state index contributed by atoms with van der Waals surface area (Å²) in [6, 6.07) is 0. The van der Waals surface area contributed by atoms with Crippen molar-refractivity contribution >= 4 is 9.05 Å². The third kappa shape index (κ3) is 46.6. The smallest absolute Gasteiger partial charge is 0.397 e. The maximum Gasteiger partial charge on any atom is 0.676 e. The van der Waals surface area contributed by atoms with Gasteiger partial charge in [-0.1, -0.05) is 40.0 Å². The molecule has 0 aliphatic rings. The Labute approximate surface area is 183 Å². The summed E-state index contributed by atoms with van der Waals surface area (Å²) in [6.45, 7) is 13.6. The molecule has 0 heterocycles. The molecule has 0 radical (unpaired) electrons. The van der Waals surface area contributed by atoms with E-state index in [4.69, 9.17) is 28.6 Å². The Morgan fingerprint density at radius 3 is 0.889 bits per heavy atom. The molecule has 0 rings (SSSR count). The Bertz CT molecular complexity index is 185. The van der Waals surface area contributed by atoms with E-state index in [1.165, 1.54) is 0 Å². The average molecular weight is 451 g/mol. The van der Waals surface area contributed by atoms with Crippen LogP contribution in [0.2, 0.25) is 0 Å². The number of aliphatic hydroxyl groups excluding tert-OH is 3. The predicted molar refractivity (Wildman–Crippen MR) is 109 cm³/mol. The van der Waals surface area contributed by atoms with Crippen LogP contribution in [-0.2, 0) is 35.0 Å². The van der Waals surface area contributed by atoms with Gasteiger partial charge in [0.05, 0.1) is 0 Å². The fourth-order valence-electron chi connectivity index (χ4n) is 1.16. The number of unbranched alkanes of at least 4 members (excludes halogenated alkanes) is 3. The van der Waals surface area contributed by atoms with Crippen molar-refractivity contribution in [3.63, 3.8) is 0 Å². The third-order valence-corrected chi connectivity index (χ3v) is 4.05. The summed E-state index contributed by atoms with van der Waals surface area (Å²) in [7, 11) is -3.36. The maximum absolute atomic E-state index is 10.2. The van der Waals surface area contributed by atoms with E-state index in [-0.39, 0.29) is 41.5 Å². The van der Waals surface area contributed by atoms with Crippen LogP contribution in [0.1, 0.15) is 80.1 Å². The van der Waals surface area contributed by atoms with Crippen LogP contribution in [0.3, 0.4) is 0 Å². The zero-order chi connectivity index (χ0) is 21.1. The Morgan fingerprint density at radius 2 is 0.741 bits per heavy atom. The molecule has 0 fully saturated rings. The molecule has 0 spiro atoms. The quantitative estimate of drug-likeness (QED) is 0.267. The fraction of sp³-hybridized carbons (Fsp3) is 1.00. The number of hydrogen-bond acceptors (Lipinski definition) is 7. The second kappa shape index (κ2) is 37.4. The van der Waals surface area contributed by atoms with Gasteiger partial charge in [-0.05, 0) is 40.0 Å². The summed E-state index contributed by atoms with van der Waals surface area (Å²) in [6.07, 6.45) is 5.87. The Kier molecular flexibility index (Phi) is 53.0. The van der Waals surface area contributed by atoms with Crippen LogP contribution < -0.4 is 0 Å². The van der Waals surface area contributed by atoms with Crippen molar-refractivity contribution in [1.29, 1.82) is 0 Å². The molecule has 0 bridgehead atoms. The minimum Gasteiger partial charge on any atom is -0.397 e. The predicted octanol–water partition coefficient (Wildman–Crippen LogP) is 2.86. The molecule has 0 saturated carbocycles. The SMILES string of the molecule is CCCCO[Si](O)(OCCCC)OCCCC.CCO.CCO.CCO.[Ti]. The van der Waals surface area contributed by atoms with Crippen LogP contribution in [0.15, 0.2) is 0 Å². The zero-order valence-corrected chi connectivity index (χ0v) is 21.1. The van der Waals surface area contributed by atoms with E-state index in [0.717, 1.165) is 38.5 Å².